The maximum absolute atomic E-state index is 3.60. The molecule has 2 aliphatic rings. The average Bonchev–Trinajstić information content (AvgIpc) is 3.02. The molecule has 20 heavy (non-hydrogen) atoms. The van der Waals surface area contributed by atoms with Gasteiger partial charge in [0.25, 0.3) is 0 Å². The number of fused-ring (bicyclic) bond motifs is 2. The molecule has 110 valence electrons. The van der Waals surface area contributed by atoms with Gasteiger partial charge < -0.3 is 5.32 Å². The molecule has 0 saturated heterocycles. The lowest BCUT2D eigenvalue weighted by Gasteiger charge is -2.31. The molecule has 1 nitrogen and oxygen atoms in total. The molecular weight excluding hydrogens is 242 g/mol. The third kappa shape index (κ3) is 2.53. The molecule has 4 unspecified atom stereocenters. The van der Waals surface area contributed by atoms with Crippen LogP contribution >= 0.6 is 0 Å². The van der Waals surface area contributed by atoms with Crippen molar-refractivity contribution in [1.82, 2.24) is 5.32 Å². The normalized spacial score (nSPS) is 30.7. The first-order chi connectivity index (χ1) is 9.49. The van der Waals surface area contributed by atoms with Crippen LogP contribution in [0.4, 0.5) is 0 Å². The Balaban J connectivity index is 1.79. The number of hydrogen-bond acceptors (Lipinski definition) is 1. The quantitative estimate of drug-likeness (QED) is 0.841. The molecule has 0 aromatic heterocycles. The van der Waals surface area contributed by atoms with E-state index in [9.17, 15) is 0 Å². The summed E-state index contributed by atoms with van der Waals surface area (Å²) in [6.45, 7) is 6.86. The zero-order valence-electron chi connectivity index (χ0n) is 13.4. The highest BCUT2D eigenvalue weighted by Crippen LogP contribution is 2.52. The van der Waals surface area contributed by atoms with E-state index in [0.717, 1.165) is 17.8 Å². The standard InChI is InChI=1S/C19H29N/c1-19(2,3)16-9-7-14(8-10-16)18(20-4)17-12-13-5-6-15(17)11-13/h7-10,13,15,17-18,20H,5-6,11-12H2,1-4H3. The number of hydrogen-bond donors (Lipinski definition) is 1. The van der Waals surface area contributed by atoms with Gasteiger partial charge >= 0.3 is 0 Å². The van der Waals surface area contributed by atoms with Gasteiger partial charge in [-0.15, -0.1) is 0 Å². The summed E-state index contributed by atoms with van der Waals surface area (Å²) in [5, 5.41) is 3.60. The molecule has 1 heteroatoms. The van der Waals surface area contributed by atoms with Crippen LogP contribution in [-0.2, 0) is 5.41 Å². The van der Waals surface area contributed by atoms with Gasteiger partial charge in [-0.1, -0.05) is 51.5 Å². The third-order valence-electron chi connectivity index (χ3n) is 5.67. The van der Waals surface area contributed by atoms with Crippen LogP contribution in [0.3, 0.4) is 0 Å². The van der Waals surface area contributed by atoms with Crippen molar-refractivity contribution in [2.45, 2.75) is 57.9 Å². The van der Waals surface area contributed by atoms with Crippen molar-refractivity contribution >= 4 is 0 Å². The molecule has 2 aliphatic carbocycles. The Bertz CT molecular complexity index is 454. The lowest BCUT2D eigenvalue weighted by Crippen LogP contribution is -2.29. The fraction of sp³-hybridized carbons (Fsp3) is 0.684. The molecule has 0 heterocycles. The molecule has 2 bridgehead atoms. The molecule has 1 aromatic rings. The van der Waals surface area contributed by atoms with Gasteiger partial charge in [0.05, 0.1) is 0 Å². The Labute approximate surface area is 124 Å². The van der Waals surface area contributed by atoms with Crippen molar-refractivity contribution in [2.24, 2.45) is 17.8 Å². The number of benzene rings is 1. The fourth-order valence-corrected chi connectivity index (χ4v) is 4.52. The second-order valence-electron chi connectivity index (χ2n) is 7.98. The first kappa shape index (κ1) is 14.1. The van der Waals surface area contributed by atoms with Gasteiger partial charge in [0.1, 0.15) is 0 Å². The van der Waals surface area contributed by atoms with Gasteiger partial charge in [0.2, 0.25) is 0 Å². The molecule has 3 rings (SSSR count). The van der Waals surface area contributed by atoms with Crippen molar-refractivity contribution in [3.63, 3.8) is 0 Å². The molecule has 1 aromatic carbocycles. The highest BCUT2D eigenvalue weighted by atomic mass is 14.9. The van der Waals surface area contributed by atoms with E-state index in [1.54, 1.807) is 0 Å². The minimum Gasteiger partial charge on any atom is -0.313 e. The van der Waals surface area contributed by atoms with Crippen LogP contribution in [0, 0.1) is 17.8 Å². The third-order valence-corrected chi connectivity index (χ3v) is 5.67. The van der Waals surface area contributed by atoms with Crippen molar-refractivity contribution in [1.29, 1.82) is 0 Å². The number of nitrogens with one attached hydrogen (secondary N) is 1. The van der Waals surface area contributed by atoms with Gasteiger partial charge in [0.15, 0.2) is 0 Å². The van der Waals surface area contributed by atoms with Crippen molar-refractivity contribution < 1.29 is 0 Å². The molecule has 0 aliphatic heterocycles. The molecule has 2 saturated carbocycles. The highest BCUT2D eigenvalue weighted by molar-refractivity contribution is 5.30. The molecule has 0 spiro atoms. The van der Waals surface area contributed by atoms with Gasteiger partial charge in [-0.25, -0.2) is 0 Å². The predicted molar refractivity (Wildman–Crippen MR) is 85.9 cm³/mol. The topological polar surface area (TPSA) is 12.0 Å². The molecule has 0 amide bonds. The van der Waals surface area contributed by atoms with E-state index in [2.05, 4.69) is 57.4 Å². The minimum atomic E-state index is 0.250. The molecule has 0 radical (unpaired) electrons. The van der Waals surface area contributed by atoms with Crippen LogP contribution in [0.15, 0.2) is 24.3 Å². The summed E-state index contributed by atoms with van der Waals surface area (Å²) in [5.41, 5.74) is 3.17. The van der Waals surface area contributed by atoms with Gasteiger partial charge in [-0.3, -0.25) is 0 Å². The van der Waals surface area contributed by atoms with Crippen molar-refractivity contribution in [3.8, 4) is 0 Å². The Kier molecular flexibility index (Phi) is 3.66. The summed E-state index contributed by atoms with van der Waals surface area (Å²) in [4.78, 5) is 0. The first-order valence-corrected chi connectivity index (χ1v) is 8.26. The van der Waals surface area contributed by atoms with E-state index in [1.165, 1.54) is 36.8 Å². The zero-order valence-corrected chi connectivity index (χ0v) is 13.4. The highest BCUT2D eigenvalue weighted by Gasteiger charge is 2.43. The van der Waals surface area contributed by atoms with E-state index in [0.29, 0.717) is 6.04 Å². The maximum atomic E-state index is 3.60. The average molecular weight is 271 g/mol. The number of rotatable bonds is 3. The molecule has 1 N–H and O–H groups in total. The van der Waals surface area contributed by atoms with Crippen LogP contribution < -0.4 is 5.32 Å². The summed E-state index contributed by atoms with van der Waals surface area (Å²) in [6, 6.07) is 9.92. The summed E-state index contributed by atoms with van der Waals surface area (Å²) in [6.07, 6.45) is 5.88. The Hall–Kier alpha value is -0.820. The van der Waals surface area contributed by atoms with Gasteiger partial charge in [-0.2, -0.15) is 0 Å². The smallest absolute Gasteiger partial charge is 0.0348 e. The minimum absolute atomic E-state index is 0.250. The maximum Gasteiger partial charge on any atom is 0.0348 e. The molecule has 2 fully saturated rings. The van der Waals surface area contributed by atoms with Crippen LogP contribution in [-0.4, -0.2) is 7.05 Å². The van der Waals surface area contributed by atoms with Gasteiger partial charge in [0, 0.05) is 6.04 Å². The lowest BCUT2D eigenvalue weighted by molar-refractivity contribution is 0.259. The van der Waals surface area contributed by atoms with Crippen LogP contribution in [0.5, 0.6) is 0 Å². The SMILES string of the molecule is CNC(c1ccc(C(C)(C)C)cc1)C1CC2CCC1C2. The van der Waals surface area contributed by atoms with E-state index >= 15 is 0 Å². The second-order valence-corrected chi connectivity index (χ2v) is 7.98. The van der Waals surface area contributed by atoms with E-state index < -0.39 is 0 Å². The summed E-state index contributed by atoms with van der Waals surface area (Å²) in [5.74, 6) is 2.86. The van der Waals surface area contributed by atoms with Gasteiger partial charge in [-0.05, 0) is 60.6 Å². The largest absolute Gasteiger partial charge is 0.313 e. The Morgan fingerprint density at radius 2 is 1.75 bits per heavy atom. The van der Waals surface area contributed by atoms with E-state index in [-0.39, 0.29) is 5.41 Å². The predicted octanol–water partition coefficient (Wildman–Crippen LogP) is 4.68. The molecular formula is C19H29N. The summed E-state index contributed by atoms with van der Waals surface area (Å²) >= 11 is 0. The zero-order chi connectivity index (χ0) is 14.3. The van der Waals surface area contributed by atoms with Crippen LogP contribution in [0.1, 0.15) is 63.6 Å². The van der Waals surface area contributed by atoms with Crippen LogP contribution in [0.2, 0.25) is 0 Å². The fourth-order valence-electron chi connectivity index (χ4n) is 4.52. The second kappa shape index (κ2) is 5.18. The Morgan fingerprint density at radius 3 is 2.20 bits per heavy atom. The van der Waals surface area contributed by atoms with E-state index in [4.69, 9.17) is 0 Å². The summed E-state index contributed by atoms with van der Waals surface area (Å²) in [7, 11) is 2.13. The monoisotopic (exact) mass is 271 g/mol. The van der Waals surface area contributed by atoms with Crippen molar-refractivity contribution in [2.75, 3.05) is 7.05 Å². The molecule has 4 atom stereocenters. The Morgan fingerprint density at radius 1 is 1.05 bits per heavy atom. The van der Waals surface area contributed by atoms with Crippen molar-refractivity contribution in [3.05, 3.63) is 35.4 Å². The summed E-state index contributed by atoms with van der Waals surface area (Å²) < 4.78 is 0. The first-order valence-electron chi connectivity index (χ1n) is 8.26. The van der Waals surface area contributed by atoms with Crippen LogP contribution in [0.25, 0.3) is 0 Å². The van der Waals surface area contributed by atoms with E-state index in [1.807, 2.05) is 0 Å². The lowest BCUT2D eigenvalue weighted by atomic mass is 9.79.